The molecule has 0 unspecified atom stereocenters. The molecule has 1 aromatic heterocycles. The first-order valence-electron chi connectivity index (χ1n) is 3.54. The van der Waals surface area contributed by atoms with Crippen molar-refractivity contribution in [2.24, 2.45) is 0 Å². The molecule has 0 amide bonds. The largest absolute Gasteiger partial charge is 0.392 e. The molecule has 0 saturated carbocycles. The standard InChI is InChI=1S/C8H7BrN2O/c9-7-2-1-5(4-12)8-6(7)3-10-11-8/h1-3,12H,4H2,(H,10,11). The van der Waals surface area contributed by atoms with Gasteiger partial charge in [-0.3, -0.25) is 5.10 Å². The average molecular weight is 227 g/mol. The average Bonchev–Trinajstić information content (AvgIpc) is 2.54. The number of aromatic nitrogens is 2. The Hall–Kier alpha value is -0.870. The Bertz CT molecular complexity index is 410. The summed E-state index contributed by atoms with van der Waals surface area (Å²) in [5.41, 5.74) is 1.76. The highest BCUT2D eigenvalue weighted by molar-refractivity contribution is 9.10. The minimum atomic E-state index is 0.0337. The van der Waals surface area contributed by atoms with Crippen LogP contribution in [0.15, 0.2) is 22.8 Å². The highest BCUT2D eigenvalue weighted by atomic mass is 79.9. The summed E-state index contributed by atoms with van der Waals surface area (Å²) in [5, 5.41) is 16.7. The lowest BCUT2D eigenvalue weighted by molar-refractivity contribution is 0.283. The Labute approximate surface area is 77.5 Å². The second-order valence-corrected chi connectivity index (χ2v) is 3.38. The van der Waals surface area contributed by atoms with E-state index in [2.05, 4.69) is 26.1 Å². The summed E-state index contributed by atoms with van der Waals surface area (Å²) in [6, 6.07) is 3.77. The number of benzene rings is 1. The zero-order valence-corrected chi connectivity index (χ0v) is 7.80. The van der Waals surface area contributed by atoms with Gasteiger partial charge in [0.25, 0.3) is 0 Å². The molecule has 4 heteroatoms. The van der Waals surface area contributed by atoms with E-state index in [0.717, 1.165) is 20.9 Å². The predicted molar refractivity (Wildman–Crippen MR) is 49.7 cm³/mol. The Balaban J connectivity index is 2.82. The molecular weight excluding hydrogens is 220 g/mol. The van der Waals surface area contributed by atoms with Crippen LogP contribution < -0.4 is 0 Å². The number of aliphatic hydroxyl groups excluding tert-OH is 1. The molecule has 2 aromatic rings. The monoisotopic (exact) mass is 226 g/mol. The van der Waals surface area contributed by atoms with E-state index in [4.69, 9.17) is 5.11 Å². The van der Waals surface area contributed by atoms with Crippen molar-refractivity contribution in [2.45, 2.75) is 6.61 Å². The Morgan fingerprint density at radius 3 is 3.08 bits per heavy atom. The van der Waals surface area contributed by atoms with Gasteiger partial charge in [-0.05, 0) is 6.07 Å². The van der Waals surface area contributed by atoms with Crippen LogP contribution in [0.2, 0.25) is 0 Å². The maximum Gasteiger partial charge on any atom is 0.0716 e. The van der Waals surface area contributed by atoms with E-state index < -0.39 is 0 Å². The highest BCUT2D eigenvalue weighted by Gasteiger charge is 2.04. The lowest BCUT2D eigenvalue weighted by Gasteiger charge is -1.98. The summed E-state index contributed by atoms with van der Waals surface area (Å²) in [5.74, 6) is 0. The summed E-state index contributed by atoms with van der Waals surface area (Å²) < 4.78 is 0.989. The summed E-state index contributed by atoms with van der Waals surface area (Å²) in [6.45, 7) is 0.0337. The number of aromatic amines is 1. The normalized spacial score (nSPS) is 10.8. The maximum absolute atomic E-state index is 8.98. The molecule has 0 aliphatic rings. The fourth-order valence-corrected chi connectivity index (χ4v) is 1.62. The minimum absolute atomic E-state index is 0.0337. The van der Waals surface area contributed by atoms with Gasteiger partial charge in [-0.25, -0.2) is 0 Å². The number of nitrogens with one attached hydrogen (secondary N) is 1. The number of rotatable bonds is 1. The molecule has 3 nitrogen and oxygen atoms in total. The number of halogens is 1. The number of nitrogens with zero attached hydrogens (tertiary/aromatic N) is 1. The third kappa shape index (κ3) is 1.04. The van der Waals surface area contributed by atoms with Crippen LogP contribution in [0.3, 0.4) is 0 Å². The number of fused-ring (bicyclic) bond motifs is 1. The van der Waals surface area contributed by atoms with E-state index in [-0.39, 0.29) is 6.61 Å². The van der Waals surface area contributed by atoms with E-state index >= 15 is 0 Å². The van der Waals surface area contributed by atoms with Crippen molar-refractivity contribution in [2.75, 3.05) is 0 Å². The van der Waals surface area contributed by atoms with Gasteiger partial charge in [-0.2, -0.15) is 5.10 Å². The van der Waals surface area contributed by atoms with Crippen LogP contribution in [0, 0.1) is 0 Å². The molecule has 1 aromatic carbocycles. The minimum Gasteiger partial charge on any atom is -0.392 e. The van der Waals surface area contributed by atoms with Crippen LogP contribution in [-0.2, 0) is 6.61 Å². The molecule has 2 rings (SSSR count). The highest BCUT2D eigenvalue weighted by Crippen LogP contribution is 2.24. The quantitative estimate of drug-likeness (QED) is 0.780. The number of aliphatic hydroxyl groups is 1. The molecule has 0 fully saturated rings. The van der Waals surface area contributed by atoms with Gasteiger partial charge in [0, 0.05) is 15.4 Å². The summed E-state index contributed by atoms with van der Waals surface area (Å²) in [7, 11) is 0. The molecule has 1 heterocycles. The first-order chi connectivity index (χ1) is 5.83. The fourth-order valence-electron chi connectivity index (χ4n) is 1.19. The number of hydrogen-bond donors (Lipinski definition) is 2. The van der Waals surface area contributed by atoms with Gasteiger partial charge in [-0.15, -0.1) is 0 Å². The first kappa shape index (κ1) is 7.76. The zero-order valence-electron chi connectivity index (χ0n) is 6.21. The van der Waals surface area contributed by atoms with Crippen molar-refractivity contribution >= 4 is 26.8 Å². The second kappa shape index (κ2) is 2.88. The second-order valence-electron chi connectivity index (χ2n) is 2.52. The van der Waals surface area contributed by atoms with Gasteiger partial charge in [0.2, 0.25) is 0 Å². The number of hydrogen-bond acceptors (Lipinski definition) is 2. The summed E-state index contributed by atoms with van der Waals surface area (Å²) in [6.07, 6.45) is 1.73. The number of H-pyrrole nitrogens is 1. The van der Waals surface area contributed by atoms with Crippen molar-refractivity contribution in [1.29, 1.82) is 0 Å². The molecule has 62 valence electrons. The topological polar surface area (TPSA) is 48.9 Å². The van der Waals surface area contributed by atoms with Crippen molar-refractivity contribution in [3.63, 3.8) is 0 Å². The van der Waals surface area contributed by atoms with E-state index in [0.29, 0.717) is 0 Å². The molecule has 0 aliphatic heterocycles. The molecular formula is C8H7BrN2O. The van der Waals surface area contributed by atoms with Crippen LogP contribution in [0.25, 0.3) is 10.9 Å². The van der Waals surface area contributed by atoms with Crippen molar-refractivity contribution < 1.29 is 5.11 Å². The predicted octanol–water partition coefficient (Wildman–Crippen LogP) is 1.82. The lowest BCUT2D eigenvalue weighted by atomic mass is 10.1. The first-order valence-corrected chi connectivity index (χ1v) is 4.33. The SMILES string of the molecule is OCc1ccc(Br)c2cn[nH]c12. The lowest BCUT2D eigenvalue weighted by Crippen LogP contribution is -1.85. The molecule has 12 heavy (non-hydrogen) atoms. The van der Waals surface area contributed by atoms with Gasteiger partial charge < -0.3 is 5.11 Å². The molecule has 0 radical (unpaired) electrons. The zero-order chi connectivity index (χ0) is 8.55. The summed E-state index contributed by atoms with van der Waals surface area (Å²) in [4.78, 5) is 0. The molecule has 0 aliphatic carbocycles. The van der Waals surface area contributed by atoms with Crippen LogP contribution in [0.5, 0.6) is 0 Å². The fraction of sp³-hybridized carbons (Fsp3) is 0.125. The van der Waals surface area contributed by atoms with Crippen molar-refractivity contribution in [3.8, 4) is 0 Å². The van der Waals surface area contributed by atoms with Crippen molar-refractivity contribution in [1.82, 2.24) is 10.2 Å². The molecule has 2 N–H and O–H groups in total. The van der Waals surface area contributed by atoms with E-state index in [1.54, 1.807) is 6.20 Å². The van der Waals surface area contributed by atoms with Crippen molar-refractivity contribution in [3.05, 3.63) is 28.4 Å². The van der Waals surface area contributed by atoms with E-state index in [1.165, 1.54) is 0 Å². The third-order valence-electron chi connectivity index (χ3n) is 1.82. The molecule has 0 bridgehead atoms. The van der Waals surface area contributed by atoms with Gasteiger partial charge in [0.1, 0.15) is 0 Å². The van der Waals surface area contributed by atoms with Gasteiger partial charge in [0.05, 0.1) is 18.3 Å². The van der Waals surface area contributed by atoms with Crippen LogP contribution in [0.4, 0.5) is 0 Å². The van der Waals surface area contributed by atoms with Crippen LogP contribution in [-0.4, -0.2) is 15.3 Å². The van der Waals surface area contributed by atoms with Crippen LogP contribution in [0.1, 0.15) is 5.56 Å². The van der Waals surface area contributed by atoms with Gasteiger partial charge >= 0.3 is 0 Å². The molecule has 0 saturated heterocycles. The smallest absolute Gasteiger partial charge is 0.0716 e. The summed E-state index contributed by atoms with van der Waals surface area (Å²) >= 11 is 3.40. The van der Waals surface area contributed by atoms with Crippen LogP contribution >= 0.6 is 15.9 Å². The maximum atomic E-state index is 8.98. The molecule has 0 atom stereocenters. The van der Waals surface area contributed by atoms with E-state index in [1.807, 2.05) is 12.1 Å². The Kier molecular flexibility index (Phi) is 1.86. The van der Waals surface area contributed by atoms with Gasteiger partial charge in [0.15, 0.2) is 0 Å². The van der Waals surface area contributed by atoms with E-state index in [9.17, 15) is 0 Å². The molecule has 0 spiro atoms. The third-order valence-corrected chi connectivity index (χ3v) is 2.51. The Morgan fingerprint density at radius 1 is 1.50 bits per heavy atom. The van der Waals surface area contributed by atoms with Gasteiger partial charge in [-0.1, -0.05) is 22.0 Å². The Morgan fingerprint density at radius 2 is 2.33 bits per heavy atom.